The van der Waals surface area contributed by atoms with Crippen molar-refractivity contribution in [1.82, 2.24) is 9.97 Å². The molecule has 0 aliphatic carbocycles. The van der Waals surface area contributed by atoms with Gasteiger partial charge in [0.25, 0.3) is 0 Å². The molecule has 0 fully saturated rings. The van der Waals surface area contributed by atoms with Gasteiger partial charge in [-0.15, -0.1) is 11.3 Å². The molecule has 0 amide bonds. The molecule has 2 aromatic heterocycles. The number of benzene rings is 2. The first-order valence-corrected chi connectivity index (χ1v) is 9.85. The molecule has 0 radical (unpaired) electrons. The number of fused-ring (bicyclic) bond motifs is 1. The minimum atomic E-state index is 0.744. The first-order chi connectivity index (χ1) is 13.1. The van der Waals surface area contributed by atoms with E-state index in [2.05, 4.69) is 54.3 Å². The van der Waals surface area contributed by atoms with Gasteiger partial charge in [-0.3, -0.25) is 0 Å². The number of aryl methyl sites for hydroxylation is 3. The fourth-order valence-electron chi connectivity index (χ4n) is 3.23. The summed E-state index contributed by atoms with van der Waals surface area (Å²) in [4.78, 5) is 11.4. The Balaban J connectivity index is 1.91. The van der Waals surface area contributed by atoms with E-state index in [1.165, 1.54) is 27.1 Å². The van der Waals surface area contributed by atoms with Crippen LogP contribution in [0.2, 0.25) is 0 Å². The van der Waals surface area contributed by atoms with Gasteiger partial charge in [0.2, 0.25) is 0 Å². The highest BCUT2D eigenvalue weighted by atomic mass is 32.1. The maximum Gasteiger partial charge on any atom is 0.143 e. The lowest BCUT2D eigenvalue weighted by Gasteiger charge is -2.11. The average Bonchev–Trinajstić information content (AvgIpc) is 3.05. The van der Waals surface area contributed by atoms with Crippen molar-refractivity contribution >= 4 is 38.7 Å². The van der Waals surface area contributed by atoms with Gasteiger partial charge in [0.1, 0.15) is 17.0 Å². The molecular weight excluding hydrogens is 352 g/mol. The van der Waals surface area contributed by atoms with Crippen molar-refractivity contribution in [3.63, 3.8) is 0 Å². The summed E-state index contributed by atoms with van der Waals surface area (Å²) in [6, 6.07) is 14.3. The molecule has 0 atom stereocenters. The summed E-state index contributed by atoms with van der Waals surface area (Å²) in [5.41, 5.74) is 12.6. The summed E-state index contributed by atoms with van der Waals surface area (Å²) >= 11 is 1.74. The molecule has 0 bridgehead atoms. The summed E-state index contributed by atoms with van der Waals surface area (Å²) in [6.45, 7) is 6.49. The van der Waals surface area contributed by atoms with Crippen LogP contribution in [-0.4, -0.2) is 9.97 Å². The molecule has 4 rings (SSSR count). The highest BCUT2D eigenvalue weighted by Crippen LogP contribution is 2.42. The minimum absolute atomic E-state index is 0.744. The molecule has 4 aromatic rings. The molecule has 0 spiro atoms. The average molecular weight is 375 g/mol. The van der Waals surface area contributed by atoms with Crippen molar-refractivity contribution < 1.29 is 0 Å². The molecule has 0 saturated carbocycles. The maximum absolute atomic E-state index is 5.81. The zero-order valence-corrected chi connectivity index (χ0v) is 16.5. The van der Waals surface area contributed by atoms with Crippen molar-refractivity contribution in [2.45, 2.75) is 27.2 Å². The van der Waals surface area contributed by atoms with Crippen LogP contribution in [0.15, 0.2) is 48.8 Å². The zero-order chi connectivity index (χ0) is 19.0. The van der Waals surface area contributed by atoms with Gasteiger partial charge >= 0.3 is 0 Å². The number of anilines is 3. The number of hydrogen-bond donors (Lipinski definition) is 2. The van der Waals surface area contributed by atoms with Crippen LogP contribution in [-0.2, 0) is 6.42 Å². The van der Waals surface area contributed by atoms with Crippen molar-refractivity contribution in [3.05, 3.63) is 64.8 Å². The van der Waals surface area contributed by atoms with E-state index >= 15 is 0 Å². The topological polar surface area (TPSA) is 63.8 Å². The smallest absolute Gasteiger partial charge is 0.143 e. The van der Waals surface area contributed by atoms with Crippen LogP contribution in [0.25, 0.3) is 21.3 Å². The number of rotatable bonds is 4. The van der Waals surface area contributed by atoms with Crippen molar-refractivity contribution in [2.24, 2.45) is 0 Å². The molecule has 0 aliphatic heterocycles. The number of nitrogens with zero attached hydrogens (tertiary/aromatic N) is 2. The molecule has 5 heteroatoms. The Morgan fingerprint density at radius 2 is 1.78 bits per heavy atom. The van der Waals surface area contributed by atoms with Gasteiger partial charge in [0.05, 0.1) is 5.39 Å². The number of nitrogens with one attached hydrogen (secondary N) is 1. The molecule has 0 unspecified atom stereocenters. The fourth-order valence-corrected chi connectivity index (χ4v) is 4.33. The Labute approximate surface area is 163 Å². The number of nitrogens with two attached hydrogens (primary N) is 1. The van der Waals surface area contributed by atoms with E-state index in [0.717, 1.165) is 33.8 Å². The van der Waals surface area contributed by atoms with E-state index in [4.69, 9.17) is 5.73 Å². The lowest BCUT2D eigenvalue weighted by Crippen LogP contribution is -1.96. The lowest BCUT2D eigenvalue weighted by atomic mass is 9.98. The maximum atomic E-state index is 5.81. The van der Waals surface area contributed by atoms with Gasteiger partial charge in [0.15, 0.2) is 0 Å². The third-order valence-electron chi connectivity index (χ3n) is 4.85. The fraction of sp³-hybridized carbons (Fsp3) is 0.182. The van der Waals surface area contributed by atoms with Gasteiger partial charge in [-0.25, -0.2) is 9.97 Å². The van der Waals surface area contributed by atoms with Gasteiger partial charge < -0.3 is 11.1 Å². The zero-order valence-electron chi connectivity index (χ0n) is 15.7. The van der Waals surface area contributed by atoms with Crippen LogP contribution in [0.4, 0.5) is 17.2 Å². The Bertz CT molecular complexity index is 1110. The third-order valence-corrected chi connectivity index (χ3v) is 6.09. The first kappa shape index (κ1) is 17.5. The standard InChI is InChI=1S/C22H22N4S/c1-4-18-19(15-6-5-13(2)14(3)11-15)20-21(24-12-25-22(20)27-18)26-17-9-7-16(23)8-10-17/h5-12H,4,23H2,1-3H3,(H,24,25,26). The Kier molecular flexibility index (Phi) is 4.54. The van der Waals surface area contributed by atoms with E-state index < -0.39 is 0 Å². The molecule has 0 aliphatic rings. The van der Waals surface area contributed by atoms with Crippen molar-refractivity contribution in [3.8, 4) is 11.1 Å². The molecule has 2 aromatic carbocycles. The predicted octanol–water partition coefficient (Wildman–Crippen LogP) is 5.86. The number of nitrogen functional groups attached to an aromatic ring is 1. The van der Waals surface area contributed by atoms with Crippen LogP contribution in [0.3, 0.4) is 0 Å². The summed E-state index contributed by atoms with van der Waals surface area (Å²) in [5.74, 6) is 0.828. The van der Waals surface area contributed by atoms with Crippen LogP contribution in [0.1, 0.15) is 22.9 Å². The van der Waals surface area contributed by atoms with E-state index in [9.17, 15) is 0 Å². The molecule has 0 saturated heterocycles. The number of thiophene rings is 1. The van der Waals surface area contributed by atoms with Gasteiger partial charge in [-0.05, 0) is 61.2 Å². The Morgan fingerprint density at radius 1 is 1.00 bits per heavy atom. The van der Waals surface area contributed by atoms with Crippen LogP contribution >= 0.6 is 11.3 Å². The normalized spacial score (nSPS) is 11.1. The van der Waals surface area contributed by atoms with Crippen molar-refractivity contribution in [1.29, 1.82) is 0 Å². The van der Waals surface area contributed by atoms with Crippen LogP contribution in [0, 0.1) is 13.8 Å². The number of hydrogen-bond acceptors (Lipinski definition) is 5. The Hall–Kier alpha value is -2.92. The second-order valence-electron chi connectivity index (χ2n) is 6.70. The van der Waals surface area contributed by atoms with Gasteiger partial charge in [-0.1, -0.05) is 25.1 Å². The summed E-state index contributed by atoms with van der Waals surface area (Å²) in [7, 11) is 0. The molecule has 2 heterocycles. The van der Waals surface area contributed by atoms with E-state index in [0.29, 0.717) is 0 Å². The van der Waals surface area contributed by atoms with E-state index in [1.54, 1.807) is 17.7 Å². The molecule has 4 nitrogen and oxygen atoms in total. The van der Waals surface area contributed by atoms with Crippen LogP contribution in [0.5, 0.6) is 0 Å². The van der Waals surface area contributed by atoms with E-state index in [1.807, 2.05) is 24.3 Å². The molecule has 136 valence electrons. The second-order valence-corrected chi connectivity index (χ2v) is 7.79. The summed E-state index contributed by atoms with van der Waals surface area (Å²) in [6.07, 6.45) is 2.59. The third kappa shape index (κ3) is 3.26. The second kappa shape index (κ2) is 7.00. The monoisotopic (exact) mass is 374 g/mol. The SMILES string of the molecule is CCc1sc2ncnc(Nc3ccc(N)cc3)c2c1-c1ccc(C)c(C)c1. The first-order valence-electron chi connectivity index (χ1n) is 9.03. The summed E-state index contributed by atoms with van der Waals surface area (Å²) in [5, 5.41) is 4.53. The highest BCUT2D eigenvalue weighted by molar-refractivity contribution is 7.19. The summed E-state index contributed by atoms with van der Waals surface area (Å²) < 4.78 is 0. The highest BCUT2D eigenvalue weighted by Gasteiger charge is 2.18. The molecule has 3 N–H and O–H groups in total. The molecule has 27 heavy (non-hydrogen) atoms. The van der Waals surface area contributed by atoms with Gasteiger partial charge in [-0.2, -0.15) is 0 Å². The van der Waals surface area contributed by atoms with E-state index in [-0.39, 0.29) is 0 Å². The Morgan fingerprint density at radius 3 is 2.48 bits per heavy atom. The van der Waals surface area contributed by atoms with Crippen molar-refractivity contribution in [2.75, 3.05) is 11.1 Å². The number of aromatic nitrogens is 2. The van der Waals surface area contributed by atoms with Crippen LogP contribution < -0.4 is 11.1 Å². The van der Waals surface area contributed by atoms with Gasteiger partial charge in [0, 0.05) is 21.8 Å². The molecular formula is C22H22N4S. The minimum Gasteiger partial charge on any atom is -0.399 e. The predicted molar refractivity (Wildman–Crippen MR) is 116 cm³/mol. The largest absolute Gasteiger partial charge is 0.399 e. The lowest BCUT2D eigenvalue weighted by molar-refractivity contribution is 1.19. The quantitative estimate of drug-likeness (QED) is 0.439.